The molecule has 4 atom stereocenters. The van der Waals surface area contributed by atoms with E-state index in [1.54, 1.807) is 30.3 Å². The number of carboxylic acid groups (broad SMARTS) is 1. The van der Waals surface area contributed by atoms with Crippen molar-refractivity contribution in [3.8, 4) is 0 Å². The molecule has 268 valence electrons. The smallest absolute Gasteiger partial charge is 0.481 e. The van der Waals surface area contributed by atoms with Crippen molar-refractivity contribution in [3.05, 3.63) is 35.9 Å². The van der Waals surface area contributed by atoms with Crippen LogP contribution in [0.15, 0.2) is 35.3 Å². The predicted molar refractivity (Wildman–Crippen MR) is 170 cm³/mol. The molecule has 1 aromatic rings. The van der Waals surface area contributed by atoms with Crippen LogP contribution >= 0.6 is 7.82 Å². The van der Waals surface area contributed by atoms with E-state index < -0.39 is 80.5 Å². The van der Waals surface area contributed by atoms with Gasteiger partial charge in [0.1, 0.15) is 18.1 Å². The number of hydrogen-bond donors (Lipinski definition) is 11. The van der Waals surface area contributed by atoms with Crippen LogP contribution < -0.4 is 44.2 Å². The second kappa shape index (κ2) is 21.3. The Balaban J connectivity index is 3.07. The molecular formula is C27H44N9O11P. The zero-order valence-corrected chi connectivity index (χ0v) is 27.0. The molecule has 0 radical (unpaired) electrons. The molecule has 48 heavy (non-hydrogen) atoms. The van der Waals surface area contributed by atoms with Crippen molar-refractivity contribution in [1.29, 1.82) is 0 Å². The van der Waals surface area contributed by atoms with Gasteiger partial charge < -0.3 is 53.8 Å². The molecule has 0 fully saturated rings. The van der Waals surface area contributed by atoms with E-state index in [4.69, 9.17) is 32.7 Å². The lowest BCUT2D eigenvalue weighted by molar-refractivity contribution is -0.142. The highest BCUT2D eigenvalue weighted by Crippen LogP contribution is 2.36. The number of guanidine groups is 1. The summed E-state index contributed by atoms with van der Waals surface area (Å²) in [5, 5.41) is 18.5. The topological polar surface area (TPSA) is 354 Å². The van der Waals surface area contributed by atoms with Gasteiger partial charge in [-0.1, -0.05) is 30.3 Å². The van der Waals surface area contributed by atoms with Crippen LogP contribution in [-0.4, -0.2) is 100 Å². The van der Waals surface area contributed by atoms with Crippen LogP contribution in [0, 0.1) is 0 Å². The molecule has 4 unspecified atom stereocenters. The number of phosphoric acid groups is 1. The minimum absolute atomic E-state index is 0.114. The van der Waals surface area contributed by atoms with E-state index in [0.29, 0.717) is 18.4 Å². The van der Waals surface area contributed by atoms with E-state index >= 15 is 0 Å². The Kier molecular flexibility index (Phi) is 18.4. The molecule has 0 aliphatic heterocycles. The number of hydrogen-bond acceptors (Lipinski definition) is 11. The fraction of sp³-hybridized carbons (Fsp3) is 0.519. The largest absolute Gasteiger partial charge is 0.527 e. The average Bonchev–Trinajstić information content (AvgIpc) is 3.00. The average molecular weight is 702 g/mol. The van der Waals surface area contributed by atoms with Crippen LogP contribution in [0.4, 0.5) is 0 Å². The van der Waals surface area contributed by atoms with Crippen molar-refractivity contribution < 1.29 is 52.7 Å². The number of phosphoric ester groups is 1. The van der Waals surface area contributed by atoms with Gasteiger partial charge in [-0.25, -0.2) is 9.36 Å². The van der Waals surface area contributed by atoms with E-state index in [-0.39, 0.29) is 44.7 Å². The first-order valence-electron chi connectivity index (χ1n) is 14.8. The third-order valence-electron chi connectivity index (χ3n) is 6.43. The summed E-state index contributed by atoms with van der Waals surface area (Å²) < 4.78 is 15.4. The monoisotopic (exact) mass is 701 g/mol. The van der Waals surface area contributed by atoms with E-state index in [1.807, 2.05) is 0 Å². The van der Waals surface area contributed by atoms with Gasteiger partial charge >= 0.3 is 19.8 Å². The Morgan fingerprint density at radius 3 is 2.06 bits per heavy atom. The number of carbonyl (C=O) groups excluding carboxylic acids is 5. The summed E-state index contributed by atoms with van der Waals surface area (Å²) in [5.74, 6) is -6.75. The Bertz CT molecular complexity index is 1320. The number of benzene rings is 1. The number of aliphatic carboxylic acids is 1. The molecule has 20 nitrogen and oxygen atoms in total. The van der Waals surface area contributed by atoms with Crippen molar-refractivity contribution in [2.24, 2.45) is 27.9 Å². The Labute approximate surface area is 276 Å². The number of aliphatic imine (C=N–C) groups is 1. The highest BCUT2D eigenvalue weighted by atomic mass is 31.2. The van der Waals surface area contributed by atoms with Gasteiger partial charge in [-0.3, -0.25) is 38.8 Å². The number of nitrogens with zero attached hydrogens (tertiary/aromatic N) is 1. The minimum atomic E-state index is -5.26. The summed E-state index contributed by atoms with van der Waals surface area (Å²) in [7, 11) is -5.26. The van der Waals surface area contributed by atoms with Crippen LogP contribution in [0.3, 0.4) is 0 Å². The molecule has 0 saturated heterocycles. The number of rotatable bonds is 22. The lowest BCUT2D eigenvalue weighted by Gasteiger charge is -2.25. The predicted octanol–water partition coefficient (Wildman–Crippen LogP) is -3.58. The van der Waals surface area contributed by atoms with Gasteiger partial charge in [-0.2, -0.15) is 0 Å². The maximum atomic E-state index is 13.4. The number of unbranched alkanes of at least 4 members (excludes halogenated alkanes) is 1. The van der Waals surface area contributed by atoms with Gasteiger partial charge in [-0.05, 0) is 44.2 Å². The van der Waals surface area contributed by atoms with E-state index in [1.165, 1.54) is 0 Å². The fourth-order valence-electron chi connectivity index (χ4n) is 4.10. The normalized spacial score (nSPS) is 13.5. The fourth-order valence-corrected chi connectivity index (χ4v) is 4.47. The van der Waals surface area contributed by atoms with Gasteiger partial charge in [-0.15, -0.1) is 0 Å². The molecule has 1 rings (SSSR count). The van der Waals surface area contributed by atoms with Crippen LogP contribution in [0.1, 0.15) is 44.1 Å². The molecule has 4 amide bonds. The summed E-state index contributed by atoms with van der Waals surface area (Å²) in [4.78, 5) is 97.4. The quantitative estimate of drug-likeness (QED) is 0.0241. The van der Waals surface area contributed by atoms with Gasteiger partial charge in [0, 0.05) is 13.0 Å². The maximum absolute atomic E-state index is 13.4. The number of amides is 4. The summed E-state index contributed by atoms with van der Waals surface area (Å²) in [6.07, 6.45) is 0.0254. The zero-order valence-electron chi connectivity index (χ0n) is 26.1. The summed E-state index contributed by atoms with van der Waals surface area (Å²) >= 11 is 0. The summed E-state index contributed by atoms with van der Waals surface area (Å²) in [6.45, 7) is -0.204. The van der Waals surface area contributed by atoms with Crippen molar-refractivity contribution in [3.63, 3.8) is 0 Å². The van der Waals surface area contributed by atoms with Gasteiger partial charge in [0.15, 0.2) is 5.96 Å². The maximum Gasteiger partial charge on any atom is 0.527 e. The Hall–Kier alpha value is -4.62. The molecule has 0 spiro atoms. The molecule has 0 heterocycles. The molecule has 0 bridgehead atoms. The molecule has 0 aliphatic rings. The van der Waals surface area contributed by atoms with Gasteiger partial charge in [0.2, 0.25) is 23.6 Å². The Morgan fingerprint density at radius 2 is 1.48 bits per heavy atom. The van der Waals surface area contributed by atoms with Crippen LogP contribution in [0.5, 0.6) is 0 Å². The standard InChI is InChI=1S/C27H44N9O11P/c28-11-5-4-10-18(26(43)47-48(44,45)46)35-24(41)19(13-16-7-2-1-3-8-16)36-25(42)20(14-22(38)39)34-21(37)15-33-23(40)17(29)9-6-12-32-27(30)31/h1-3,7-8,17-20H,4-6,9-15,28-29H2,(H,33,40)(H,34,37)(H,35,41)(H,36,42)(H,38,39)(H4,30,31,32)(H2,44,45,46). The SMILES string of the molecule is NCCCCC(NC(=O)C(Cc1ccccc1)NC(=O)C(CC(=O)O)NC(=O)CNC(=O)C(N)CCCN=C(N)N)C(=O)OP(=O)(O)O. The number of nitrogens with one attached hydrogen (secondary N) is 4. The zero-order chi connectivity index (χ0) is 36.3. The summed E-state index contributed by atoms with van der Waals surface area (Å²) in [6, 6.07) is 2.50. The second-order valence-corrected chi connectivity index (χ2v) is 11.7. The lowest BCUT2D eigenvalue weighted by atomic mass is 10.0. The van der Waals surface area contributed by atoms with Crippen molar-refractivity contribution in [2.75, 3.05) is 19.6 Å². The number of nitrogens with two attached hydrogens (primary N) is 4. The van der Waals surface area contributed by atoms with Crippen molar-refractivity contribution in [1.82, 2.24) is 21.3 Å². The highest BCUT2D eigenvalue weighted by molar-refractivity contribution is 7.46. The Morgan fingerprint density at radius 1 is 0.854 bits per heavy atom. The minimum Gasteiger partial charge on any atom is -0.481 e. The molecule has 0 aliphatic carbocycles. The van der Waals surface area contributed by atoms with E-state index in [0.717, 1.165) is 0 Å². The first-order valence-corrected chi connectivity index (χ1v) is 16.3. The van der Waals surface area contributed by atoms with Crippen LogP contribution in [-0.2, 0) is 44.3 Å². The van der Waals surface area contributed by atoms with E-state index in [9.17, 15) is 38.4 Å². The number of carboxylic acids is 1. The third kappa shape index (κ3) is 17.9. The highest BCUT2D eigenvalue weighted by Gasteiger charge is 2.33. The van der Waals surface area contributed by atoms with Crippen LogP contribution in [0.2, 0.25) is 0 Å². The molecule has 0 aromatic heterocycles. The third-order valence-corrected chi connectivity index (χ3v) is 6.85. The number of carbonyl (C=O) groups is 6. The molecule has 0 saturated carbocycles. The van der Waals surface area contributed by atoms with Gasteiger partial charge in [0.25, 0.3) is 0 Å². The molecular weight excluding hydrogens is 657 g/mol. The molecule has 1 aromatic carbocycles. The second-order valence-electron chi connectivity index (χ2n) is 10.5. The first kappa shape index (κ1) is 41.4. The van der Waals surface area contributed by atoms with Crippen molar-refractivity contribution >= 4 is 49.3 Å². The van der Waals surface area contributed by atoms with E-state index in [2.05, 4.69) is 30.8 Å². The first-order chi connectivity index (χ1) is 22.5. The molecule has 21 heteroatoms. The summed E-state index contributed by atoms with van der Waals surface area (Å²) in [5.41, 5.74) is 22.3. The van der Waals surface area contributed by atoms with Crippen LogP contribution in [0.25, 0.3) is 0 Å². The van der Waals surface area contributed by atoms with Crippen molar-refractivity contribution in [2.45, 2.75) is 69.1 Å². The lowest BCUT2D eigenvalue weighted by Crippen LogP contribution is -2.57. The van der Waals surface area contributed by atoms with Gasteiger partial charge in [0.05, 0.1) is 19.0 Å². The molecule has 15 N–H and O–H groups in total.